The summed E-state index contributed by atoms with van der Waals surface area (Å²) < 4.78 is 5.26. The molecule has 1 heterocycles. The van der Waals surface area contributed by atoms with Crippen LogP contribution in [-0.2, 0) is 16.1 Å². The van der Waals surface area contributed by atoms with E-state index in [0.29, 0.717) is 14.8 Å². The van der Waals surface area contributed by atoms with E-state index in [9.17, 15) is 14.8 Å². The topological polar surface area (TPSA) is 73.5 Å². The fourth-order valence-electron chi connectivity index (χ4n) is 1.90. The van der Waals surface area contributed by atoms with E-state index in [2.05, 4.69) is 0 Å². The number of likely N-dealkylation sites (N-methyl/N-ethyl adjacent to an activating group) is 1. The first-order valence-electron chi connectivity index (χ1n) is 6.91. The van der Waals surface area contributed by atoms with Gasteiger partial charge in [-0.3, -0.25) is 4.79 Å². The van der Waals surface area contributed by atoms with E-state index >= 15 is 0 Å². The van der Waals surface area contributed by atoms with Crippen molar-refractivity contribution in [2.75, 3.05) is 13.7 Å². The molecule has 24 heavy (non-hydrogen) atoms. The first-order valence-corrected chi connectivity index (χ1v) is 7.67. The van der Waals surface area contributed by atoms with Crippen LogP contribution in [-0.4, -0.2) is 30.4 Å². The second kappa shape index (κ2) is 7.99. The Morgan fingerprint density at radius 1 is 1.21 bits per heavy atom. The normalized spacial score (nSPS) is 10.3. The summed E-state index contributed by atoms with van der Waals surface area (Å²) in [7, 11) is 1.56. The van der Waals surface area contributed by atoms with E-state index in [1.165, 1.54) is 29.3 Å². The van der Waals surface area contributed by atoms with Gasteiger partial charge in [0, 0.05) is 25.7 Å². The standard InChI is InChI=1S/C16H14Cl2N2O4/c1-19(9-11-5-6-12(17)13(18)8-11)15(21)10-24-16(22)14-4-2-3-7-20(14)23/h2-8H,9-10H2,1H3. The first kappa shape index (κ1) is 18.0. The highest BCUT2D eigenvalue weighted by Gasteiger charge is 2.19. The van der Waals surface area contributed by atoms with Crippen molar-refractivity contribution in [1.29, 1.82) is 0 Å². The summed E-state index contributed by atoms with van der Waals surface area (Å²) in [6.07, 6.45) is 1.18. The molecule has 0 unspecified atom stereocenters. The van der Waals surface area contributed by atoms with Gasteiger partial charge in [-0.05, 0) is 23.8 Å². The fourth-order valence-corrected chi connectivity index (χ4v) is 2.22. The van der Waals surface area contributed by atoms with Crippen molar-refractivity contribution in [1.82, 2.24) is 4.90 Å². The van der Waals surface area contributed by atoms with Crippen molar-refractivity contribution in [2.24, 2.45) is 0 Å². The maximum atomic E-state index is 12.0. The molecule has 0 bridgehead atoms. The van der Waals surface area contributed by atoms with E-state index in [1.807, 2.05) is 0 Å². The third-order valence-corrected chi connectivity index (χ3v) is 3.93. The molecule has 0 N–H and O–H groups in total. The zero-order valence-electron chi connectivity index (χ0n) is 12.7. The Bertz CT molecular complexity index is 767. The number of esters is 1. The quantitative estimate of drug-likeness (QED) is 0.461. The number of carbonyl (C=O) groups is 2. The highest BCUT2D eigenvalue weighted by Crippen LogP contribution is 2.23. The molecule has 126 valence electrons. The summed E-state index contributed by atoms with van der Waals surface area (Å²) in [6.45, 7) is -0.189. The maximum Gasteiger partial charge on any atom is 0.405 e. The van der Waals surface area contributed by atoms with E-state index in [1.54, 1.807) is 25.2 Å². The monoisotopic (exact) mass is 368 g/mol. The van der Waals surface area contributed by atoms with Crippen LogP contribution >= 0.6 is 23.2 Å². The fraction of sp³-hybridized carbons (Fsp3) is 0.188. The summed E-state index contributed by atoms with van der Waals surface area (Å²) in [5, 5.41) is 12.3. The zero-order chi connectivity index (χ0) is 17.7. The highest BCUT2D eigenvalue weighted by atomic mass is 35.5. The van der Waals surface area contributed by atoms with Crippen LogP contribution in [0.2, 0.25) is 10.0 Å². The number of aromatic nitrogens is 1. The van der Waals surface area contributed by atoms with Crippen LogP contribution in [0.15, 0.2) is 42.6 Å². The van der Waals surface area contributed by atoms with E-state index in [0.717, 1.165) is 5.56 Å². The molecule has 0 saturated heterocycles. The van der Waals surface area contributed by atoms with Gasteiger partial charge in [-0.1, -0.05) is 29.3 Å². The molecular weight excluding hydrogens is 355 g/mol. The van der Waals surface area contributed by atoms with Crippen LogP contribution in [0.1, 0.15) is 16.1 Å². The molecule has 0 aliphatic carbocycles. The summed E-state index contributed by atoms with van der Waals surface area (Å²) >= 11 is 11.8. The summed E-state index contributed by atoms with van der Waals surface area (Å²) in [5.41, 5.74) is 0.601. The molecule has 1 amide bonds. The molecular formula is C16H14Cl2N2O4. The van der Waals surface area contributed by atoms with Gasteiger partial charge in [0.15, 0.2) is 12.8 Å². The third kappa shape index (κ3) is 4.59. The van der Waals surface area contributed by atoms with E-state index in [4.69, 9.17) is 27.9 Å². The summed E-state index contributed by atoms with van der Waals surface area (Å²) in [5.74, 6) is -1.27. The van der Waals surface area contributed by atoms with Crippen LogP contribution in [0.3, 0.4) is 0 Å². The Kier molecular flexibility index (Phi) is 6.00. The van der Waals surface area contributed by atoms with Crippen molar-refractivity contribution in [3.05, 3.63) is 69.1 Å². The van der Waals surface area contributed by atoms with Gasteiger partial charge in [-0.2, -0.15) is 4.73 Å². The predicted octanol–water partition coefficient (Wildman–Crippen LogP) is 2.44. The van der Waals surface area contributed by atoms with Gasteiger partial charge in [0.05, 0.1) is 10.0 Å². The molecule has 0 aliphatic rings. The van der Waals surface area contributed by atoms with Crippen LogP contribution in [0.5, 0.6) is 0 Å². The molecule has 1 aromatic heterocycles. The summed E-state index contributed by atoms with van der Waals surface area (Å²) in [4.78, 5) is 25.2. The number of rotatable bonds is 5. The third-order valence-electron chi connectivity index (χ3n) is 3.19. The lowest BCUT2D eigenvalue weighted by molar-refractivity contribution is -0.608. The van der Waals surface area contributed by atoms with Crippen molar-refractivity contribution in [3.8, 4) is 0 Å². The number of ether oxygens (including phenoxy) is 1. The van der Waals surface area contributed by atoms with Gasteiger partial charge in [0.1, 0.15) is 0 Å². The average molecular weight is 369 g/mol. The minimum Gasteiger partial charge on any atom is -0.618 e. The molecule has 6 nitrogen and oxygen atoms in total. The molecule has 0 aliphatic heterocycles. The van der Waals surface area contributed by atoms with Gasteiger partial charge in [0.25, 0.3) is 5.91 Å². The highest BCUT2D eigenvalue weighted by molar-refractivity contribution is 6.42. The molecule has 0 radical (unpaired) electrons. The molecule has 0 saturated carbocycles. The molecule has 1 aromatic carbocycles. The van der Waals surface area contributed by atoms with Gasteiger partial charge in [0.2, 0.25) is 0 Å². The number of hydrogen-bond donors (Lipinski definition) is 0. The Balaban J connectivity index is 1.91. The van der Waals surface area contributed by atoms with Gasteiger partial charge in [-0.15, -0.1) is 0 Å². The number of carbonyl (C=O) groups excluding carboxylic acids is 2. The number of amides is 1. The SMILES string of the molecule is CN(Cc1ccc(Cl)c(Cl)c1)C(=O)COC(=O)c1cccc[n+]1[O-]. The van der Waals surface area contributed by atoms with Crippen molar-refractivity contribution >= 4 is 35.1 Å². The predicted molar refractivity (Wildman–Crippen MR) is 88.6 cm³/mol. The number of halogens is 2. The molecule has 0 fully saturated rings. The summed E-state index contributed by atoms with van der Waals surface area (Å²) in [6, 6.07) is 9.38. The first-order chi connectivity index (χ1) is 11.4. The Labute approximate surface area is 148 Å². The molecule has 8 heteroatoms. The van der Waals surface area contributed by atoms with Crippen molar-refractivity contribution in [2.45, 2.75) is 6.54 Å². The Morgan fingerprint density at radius 2 is 1.96 bits per heavy atom. The lowest BCUT2D eigenvalue weighted by atomic mass is 10.2. The minimum absolute atomic E-state index is 0.183. The smallest absolute Gasteiger partial charge is 0.405 e. The van der Waals surface area contributed by atoms with Crippen LogP contribution in [0.25, 0.3) is 0 Å². The number of nitrogens with zero attached hydrogens (tertiary/aromatic N) is 2. The lowest BCUT2D eigenvalue weighted by Gasteiger charge is -2.17. The zero-order valence-corrected chi connectivity index (χ0v) is 14.3. The van der Waals surface area contributed by atoms with Crippen LogP contribution in [0, 0.1) is 5.21 Å². The minimum atomic E-state index is -0.859. The lowest BCUT2D eigenvalue weighted by Crippen LogP contribution is -2.36. The van der Waals surface area contributed by atoms with Crippen molar-refractivity contribution < 1.29 is 19.1 Å². The van der Waals surface area contributed by atoms with Crippen LogP contribution < -0.4 is 4.73 Å². The molecule has 2 rings (SSSR count). The van der Waals surface area contributed by atoms with Gasteiger partial charge >= 0.3 is 11.7 Å². The number of hydrogen-bond acceptors (Lipinski definition) is 4. The molecule has 0 atom stereocenters. The Hall–Kier alpha value is -2.31. The average Bonchev–Trinajstić information content (AvgIpc) is 2.56. The molecule has 0 spiro atoms. The van der Waals surface area contributed by atoms with Gasteiger partial charge in [-0.25, -0.2) is 4.79 Å². The largest absolute Gasteiger partial charge is 0.618 e. The number of benzene rings is 1. The second-order valence-electron chi connectivity index (χ2n) is 4.99. The Morgan fingerprint density at radius 3 is 2.62 bits per heavy atom. The molecule has 2 aromatic rings. The van der Waals surface area contributed by atoms with E-state index < -0.39 is 18.5 Å². The van der Waals surface area contributed by atoms with Crippen LogP contribution in [0.4, 0.5) is 0 Å². The maximum absolute atomic E-state index is 12.0. The van der Waals surface area contributed by atoms with E-state index in [-0.39, 0.29) is 12.2 Å². The number of pyridine rings is 1. The second-order valence-corrected chi connectivity index (χ2v) is 5.80. The van der Waals surface area contributed by atoms with Crippen molar-refractivity contribution in [3.63, 3.8) is 0 Å². The van der Waals surface area contributed by atoms with Gasteiger partial charge < -0.3 is 14.8 Å².